The van der Waals surface area contributed by atoms with E-state index < -0.39 is 17.7 Å². The van der Waals surface area contributed by atoms with Gasteiger partial charge in [-0.15, -0.1) is 12.3 Å². The van der Waals surface area contributed by atoms with Crippen molar-refractivity contribution in [2.24, 2.45) is 10.2 Å². The third-order valence-corrected chi connectivity index (χ3v) is 4.01. The Labute approximate surface area is 145 Å². The molecule has 6 nitrogen and oxygen atoms in total. The third-order valence-electron chi connectivity index (χ3n) is 3.77. The van der Waals surface area contributed by atoms with Crippen LogP contribution in [0, 0.1) is 12.3 Å². The van der Waals surface area contributed by atoms with Gasteiger partial charge in [0.2, 0.25) is 5.91 Å². The summed E-state index contributed by atoms with van der Waals surface area (Å²) >= 11 is 5.94. The Kier molecular flexibility index (Phi) is 5.93. The van der Waals surface area contributed by atoms with Crippen LogP contribution in [0.2, 0.25) is 5.02 Å². The van der Waals surface area contributed by atoms with Crippen LogP contribution >= 0.6 is 11.6 Å². The maximum absolute atomic E-state index is 12.2. The van der Waals surface area contributed by atoms with E-state index in [2.05, 4.69) is 21.5 Å². The minimum Gasteiger partial charge on any atom is -0.481 e. The van der Waals surface area contributed by atoms with Gasteiger partial charge in [-0.25, -0.2) is 0 Å². The lowest BCUT2D eigenvalue weighted by Gasteiger charge is -2.18. The second kappa shape index (κ2) is 7.93. The number of benzene rings is 1. The summed E-state index contributed by atoms with van der Waals surface area (Å²) in [5.74, 6) is 1.28. The molecule has 1 heterocycles. The van der Waals surface area contributed by atoms with Crippen LogP contribution in [0.4, 0.5) is 0 Å². The molecule has 0 fully saturated rings. The second-order valence-corrected chi connectivity index (χ2v) is 6.10. The van der Waals surface area contributed by atoms with Crippen molar-refractivity contribution < 1.29 is 14.7 Å². The zero-order valence-corrected chi connectivity index (χ0v) is 13.8. The molecule has 1 aromatic carbocycles. The number of halogens is 1. The number of carbonyl (C=O) groups is 2. The number of carboxylic acid groups (broad SMARTS) is 1. The highest BCUT2D eigenvalue weighted by atomic mass is 35.5. The van der Waals surface area contributed by atoms with E-state index in [-0.39, 0.29) is 18.7 Å². The van der Waals surface area contributed by atoms with E-state index in [9.17, 15) is 9.59 Å². The van der Waals surface area contributed by atoms with Gasteiger partial charge in [0.1, 0.15) is 0 Å². The molecule has 1 aliphatic heterocycles. The molecule has 1 amide bonds. The van der Waals surface area contributed by atoms with Crippen molar-refractivity contribution in [1.29, 1.82) is 0 Å². The summed E-state index contributed by atoms with van der Waals surface area (Å²) in [6, 6.07) is 6.16. The Morgan fingerprint density at radius 2 is 2.12 bits per heavy atom. The summed E-state index contributed by atoms with van der Waals surface area (Å²) < 4.78 is 0. The minimum absolute atomic E-state index is 0.203. The van der Waals surface area contributed by atoms with Gasteiger partial charge in [0, 0.05) is 30.7 Å². The van der Waals surface area contributed by atoms with E-state index in [1.807, 2.05) is 0 Å². The van der Waals surface area contributed by atoms with E-state index in [1.165, 1.54) is 0 Å². The maximum Gasteiger partial charge on any atom is 0.305 e. The highest BCUT2D eigenvalue weighted by Crippen LogP contribution is 2.37. The van der Waals surface area contributed by atoms with Gasteiger partial charge < -0.3 is 10.4 Å². The monoisotopic (exact) mass is 347 g/mol. The summed E-state index contributed by atoms with van der Waals surface area (Å²) in [7, 11) is 0. The molecule has 126 valence electrons. The first-order chi connectivity index (χ1) is 11.4. The normalized spacial score (nSPS) is 15.3. The Morgan fingerprint density at radius 3 is 2.71 bits per heavy atom. The zero-order valence-electron chi connectivity index (χ0n) is 13.0. The quantitative estimate of drug-likeness (QED) is 0.671. The molecule has 0 aliphatic carbocycles. The smallest absolute Gasteiger partial charge is 0.305 e. The van der Waals surface area contributed by atoms with Crippen LogP contribution in [-0.2, 0) is 9.59 Å². The van der Waals surface area contributed by atoms with Crippen LogP contribution in [0.3, 0.4) is 0 Å². The number of amides is 1. The van der Waals surface area contributed by atoms with Crippen molar-refractivity contribution in [3.05, 3.63) is 34.9 Å². The number of aliphatic carboxylic acids is 1. The van der Waals surface area contributed by atoms with Gasteiger partial charge in [-0.2, -0.15) is 10.2 Å². The topological polar surface area (TPSA) is 91.1 Å². The molecule has 2 N–H and O–H groups in total. The molecular weight excluding hydrogens is 330 g/mol. The summed E-state index contributed by atoms with van der Waals surface area (Å²) in [6.45, 7) is 0. The van der Waals surface area contributed by atoms with Crippen molar-refractivity contribution >= 4 is 23.5 Å². The van der Waals surface area contributed by atoms with Crippen molar-refractivity contribution in [3.8, 4) is 12.3 Å². The van der Waals surface area contributed by atoms with E-state index >= 15 is 0 Å². The fourth-order valence-electron chi connectivity index (χ4n) is 2.40. The van der Waals surface area contributed by atoms with E-state index in [1.54, 1.807) is 24.3 Å². The van der Waals surface area contributed by atoms with Crippen LogP contribution in [0.5, 0.6) is 0 Å². The van der Waals surface area contributed by atoms with Gasteiger partial charge >= 0.3 is 5.97 Å². The number of hydrogen-bond acceptors (Lipinski definition) is 4. The van der Waals surface area contributed by atoms with Gasteiger partial charge in [-0.1, -0.05) is 23.7 Å². The molecule has 0 saturated heterocycles. The van der Waals surface area contributed by atoms with Gasteiger partial charge in [0.15, 0.2) is 5.66 Å². The van der Waals surface area contributed by atoms with Gasteiger partial charge in [0.25, 0.3) is 0 Å². The van der Waals surface area contributed by atoms with Crippen molar-refractivity contribution in [3.63, 3.8) is 0 Å². The van der Waals surface area contributed by atoms with Crippen molar-refractivity contribution in [2.45, 2.75) is 43.8 Å². The third kappa shape index (κ3) is 5.36. The van der Waals surface area contributed by atoms with Crippen LogP contribution < -0.4 is 5.32 Å². The first kappa shape index (κ1) is 18.0. The SMILES string of the molecule is C#CCCC1(CCC(=O)N[C@H](CC(=O)O)c2cccc(Cl)c2)N=N1. The largest absolute Gasteiger partial charge is 0.481 e. The Morgan fingerprint density at radius 1 is 1.38 bits per heavy atom. The van der Waals surface area contributed by atoms with E-state index in [0.717, 1.165) is 0 Å². The Bertz CT molecular complexity index is 691. The maximum atomic E-state index is 12.2. The molecule has 0 spiro atoms. The fourth-order valence-corrected chi connectivity index (χ4v) is 2.60. The molecule has 24 heavy (non-hydrogen) atoms. The minimum atomic E-state index is -1.00. The molecule has 1 aromatic rings. The Hall–Kier alpha value is -2.39. The zero-order chi connectivity index (χ0) is 17.6. The number of carbonyl (C=O) groups excluding carboxylic acids is 1. The molecule has 7 heteroatoms. The molecule has 1 atom stereocenters. The summed E-state index contributed by atoms with van der Waals surface area (Å²) in [5, 5.41) is 20.3. The van der Waals surface area contributed by atoms with Gasteiger partial charge in [-0.05, 0) is 17.7 Å². The molecule has 0 bridgehead atoms. The number of rotatable bonds is 9. The number of nitrogens with zero attached hydrogens (tertiary/aromatic N) is 2. The van der Waals surface area contributed by atoms with Crippen LogP contribution in [0.25, 0.3) is 0 Å². The molecule has 0 unspecified atom stereocenters. The van der Waals surface area contributed by atoms with Crippen molar-refractivity contribution in [2.75, 3.05) is 0 Å². The van der Waals surface area contributed by atoms with Crippen molar-refractivity contribution in [1.82, 2.24) is 5.32 Å². The second-order valence-electron chi connectivity index (χ2n) is 5.66. The first-order valence-corrected chi connectivity index (χ1v) is 7.96. The molecule has 1 aliphatic rings. The number of hydrogen-bond donors (Lipinski definition) is 2. The summed E-state index contributed by atoms with van der Waals surface area (Å²) in [6.07, 6.45) is 6.86. The van der Waals surface area contributed by atoms with Crippen LogP contribution in [0.1, 0.15) is 43.7 Å². The number of carboxylic acids is 1. The fraction of sp³-hybridized carbons (Fsp3) is 0.412. The van der Waals surface area contributed by atoms with Gasteiger partial charge in [0.05, 0.1) is 12.5 Å². The summed E-state index contributed by atoms with van der Waals surface area (Å²) in [5.41, 5.74) is 0.128. The lowest BCUT2D eigenvalue weighted by atomic mass is 10.0. The average Bonchev–Trinajstić information content (AvgIpc) is 3.30. The molecule has 0 radical (unpaired) electrons. The molecular formula is C17H18ClN3O3. The standard InChI is InChI=1S/C17H18ClN3O3/c1-2-3-8-17(20-21-17)9-7-15(22)19-14(11-16(23)24)12-5-4-6-13(18)10-12/h1,4-6,10,14H,3,7-9,11H2,(H,19,22)(H,23,24)/t14-/m1/s1. The predicted molar refractivity (Wildman–Crippen MR) is 89.5 cm³/mol. The van der Waals surface area contributed by atoms with Crippen LogP contribution in [0.15, 0.2) is 34.5 Å². The molecule has 0 saturated carbocycles. The lowest BCUT2D eigenvalue weighted by Crippen LogP contribution is -2.31. The Balaban J connectivity index is 1.93. The summed E-state index contributed by atoms with van der Waals surface area (Å²) in [4.78, 5) is 23.2. The average molecular weight is 348 g/mol. The van der Waals surface area contributed by atoms with Crippen LogP contribution in [-0.4, -0.2) is 22.6 Å². The van der Waals surface area contributed by atoms with E-state index in [4.69, 9.17) is 23.1 Å². The molecule has 0 aromatic heterocycles. The highest BCUT2D eigenvalue weighted by Gasteiger charge is 2.39. The molecule has 2 rings (SSSR count). The van der Waals surface area contributed by atoms with E-state index in [0.29, 0.717) is 29.8 Å². The number of terminal acetylenes is 1. The predicted octanol–water partition coefficient (Wildman–Crippen LogP) is 3.33. The van der Waals surface area contributed by atoms with Gasteiger partial charge in [-0.3, -0.25) is 9.59 Å². The number of nitrogens with one attached hydrogen (secondary N) is 1. The highest BCUT2D eigenvalue weighted by molar-refractivity contribution is 6.30. The first-order valence-electron chi connectivity index (χ1n) is 7.58. The lowest BCUT2D eigenvalue weighted by molar-refractivity contribution is -0.137.